The molecule has 5 rings (SSSR count). The van der Waals surface area contributed by atoms with Crippen LogP contribution in [0, 0.1) is 0 Å². The zero-order valence-electron chi connectivity index (χ0n) is 20.2. The maximum Gasteiger partial charge on any atom is 0.326 e. The average Bonchev–Trinajstić information content (AvgIpc) is 3.14. The first-order chi connectivity index (χ1) is 16.7. The summed E-state index contributed by atoms with van der Waals surface area (Å²) in [4.78, 5) is 12.0. The van der Waals surface area contributed by atoms with E-state index in [9.17, 15) is 13.2 Å². The highest BCUT2D eigenvalue weighted by Gasteiger charge is 2.36. The Hall–Kier alpha value is -3.91. The average molecular weight is 490 g/mol. The number of amides is 1. The zero-order chi connectivity index (χ0) is 25.2. The minimum Gasteiger partial charge on any atom is -0.268 e. The van der Waals surface area contributed by atoms with Gasteiger partial charge in [-0.1, -0.05) is 60.7 Å². The summed E-state index contributed by atoms with van der Waals surface area (Å²) in [5, 5.41) is 0. The maximum absolute atomic E-state index is 12.0. The second-order valence-electron chi connectivity index (χ2n) is 8.54. The van der Waals surface area contributed by atoms with Crippen molar-refractivity contribution in [1.29, 1.82) is 0 Å². The minimum atomic E-state index is -3.75. The van der Waals surface area contributed by atoms with Gasteiger partial charge in [0.05, 0.1) is 18.3 Å². The molecule has 4 aromatic rings. The number of rotatable bonds is 3. The van der Waals surface area contributed by atoms with Gasteiger partial charge in [0.2, 0.25) is 5.69 Å². The summed E-state index contributed by atoms with van der Waals surface area (Å²) < 4.78 is 31.2. The second-order valence-corrected chi connectivity index (χ2v) is 10.1. The number of carbonyl (C=O) groups excluding carboxylic acids is 1. The number of benzene rings is 3. The molecule has 0 atom stereocenters. The van der Waals surface area contributed by atoms with Gasteiger partial charge in [-0.25, -0.2) is 4.31 Å². The van der Waals surface area contributed by atoms with E-state index >= 15 is 0 Å². The normalized spacial score (nSPS) is 14.1. The van der Waals surface area contributed by atoms with Gasteiger partial charge >= 0.3 is 10.2 Å². The summed E-state index contributed by atoms with van der Waals surface area (Å²) in [6.07, 6.45) is 0. The van der Waals surface area contributed by atoms with E-state index in [0.717, 1.165) is 4.31 Å². The van der Waals surface area contributed by atoms with Crippen molar-refractivity contribution in [2.24, 2.45) is 14.1 Å². The van der Waals surface area contributed by atoms with Gasteiger partial charge < -0.3 is 0 Å². The van der Waals surface area contributed by atoms with E-state index in [1.807, 2.05) is 12.1 Å². The third-order valence-electron chi connectivity index (χ3n) is 5.88. The minimum absolute atomic E-state index is 0.337. The molecule has 8 heteroatoms. The first-order valence-electron chi connectivity index (χ1n) is 11.3. The van der Waals surface area contributed by atoms with Crippen LogP contribution in [0.2, 0.25) is 0 Å². The van der Waals surface area contributed by atoms with Gasteiger partial charge in [-0.2, -0.15) is 13.1 Å². The van der Waals surface area contributed by atoms with Crippen LogP contribution >= 0.6 is 0 Å². The van der Waals surface area contributed by atoms with E-state index in [1.54, 1.807) is 38.1 Å². The van der Waals surface area contributed by atoms with Crippen LogP contribution in [0.5, 0.6) is 0 Å². The van der Waals surface area contributed by atoms with Crippen LogP contribution in [-0.2, 0) is 24.3 Å². The summed E-state index contributed by atoms with van der Waals surface area (Å²) >= 11 is 0. The molecule has 1 amide bonds. The Kier molecular flexibility index (Phi) is 6.75. The summed E-state index contributed by atoms with van der Waals surface area (Å²) in [6.45, 7) is 3.32. The predicted molar refractivity (Wildman–Crippen MR) is 138 cm³/mol. The standard InChI is InChI=1S/C17H17N2.C10H12N2O3S/c1-18-16(14-9-5-3-6-10-14)13-17(19(18)2)15-11-7-4-8-12-15;1-7(2)12-10(13)8-5-3-4-6-9(8)11-16(12,14)15/h3-13H,1-2H3;3-7,11H,1-2H3/q+1;. The van der Waals surface area contributed by atoms with Gasteiger partial charge in [-0.3, -0.25) is 9.52 Å². The van der Waals surface area contributed by atoms with Crippen molar-refractivity contribution in [2.75, 3.05) is 4.72 Å². The Bertz CT molecular complexity index is 1390. The molecule has 1 aromatic heterocycles. The molecular weight excluding hydrogens is 460 g/mol. The van der Waals surface area contributed by atoms with Crippen molar-refractivity contribution in [1.82, 2.24) is 8.99 Å². The lowest BCUT2D eigenvalue weighted by Gasteiger charge is -2.31. The van der Waals surface area contributed by atoms with Crippen molar-refractivity contribution in [3.8, 4) is 22.5 Å². The van der Waals surface area contributed by atoms with E-state index in [2.05, 4.69) is 82.8 Å². The molecule has 180 valence electrons. The number of nitrogens with zero attached hydrogens (tertiary/aromatic N) is 3. The molecule has 0 saturated carbocycles. The quantitative estimate of drug-likeness (QED) is 0.434. The topological polar surface area (TPSA) is 75.3 Å². The molecule has 0 unspecified atom stereocenters. The predicted octanol–water partition coefficient (Wildman–Crippen LogP) is 4.39. The molecule has 0 fully saturated rings. The lowest BCUT2D eigenvalue weighted by molar-refractivity contribution is -0.740. The monoisotopic (exact) mass is 489 g/mol. The number of para-hydroxylation sites is 1. The van der Waals surface area contributed by atoms with Gasteiger partial charge in [0.25, 0.3) is 5.91 Å². The van der Waals surface area contributed by atoms with E-state index < -0.39 is 22.2 Å². The van der Waals surface area contributed by atoms with E-state index in [4.69, 9.17) is 0 Å². The van der Waals surface area contributed by atoms with Gasteiger partial charge in [0.1, 0.15) is 5.69 Å². The Balaban J connectivity index is 0.000000168. The van der Waals surface area contributed by atoms with Crippen molar-refractivity contribution in [3.05, 3.63) is 96.6 Å². The smallest absolute Gasteiger partial charge is 0.268 e. The van der Waals surface area contributed by atoms with Crippen molar-refractivity contribution >= 4 is 21.8 Å². The molecule has 3 aromatic carbocycles. The lowest BCUT2D eigenvalue weighted by atomic mass is 10.1. The van der Waals surface area contributed by atoms with Crippen LogP contribution in [0.25, 0.3) is 22.5 Å². The number of fused-ring (bicyclic) bond motifs is 1. The molecule has 1 N–H and O–H groups in total. The number of hydrogen-bond acceptors (Lipinski definition) is 3. The Labute approximate surface area is 206 Å². The molecule has 0 bridgehead atoms. The molecule has 2 heterocycles. The van der Waals surface area contributed by atoms with Crippen LogP contribution in [0.15, 0.2) is 91.0 Å². The fraction of sp³-hybridized carbons (Fsp3) is 0.185. The maximum atomic E-state index is 12.0. The first-order valence-corrected chi connectivity index (χ1v) is 12.8. The summed E-state index contributed by atoms with van der Waals surface area (Å²) in [5.74, 6) is -0.482. The van der Waals surface area contributed by atoms with Gasteiger partial charge in [-0.05, 0) is 38.1 Å². The van der Waals surface area contributed by atoms with Crippen LogP contribution in [0.4, 0.5) is 5.69 Å². The molecule has 1 aliphatic heterocycles. The number of aromatic nitrogens is 2. The lowest BCUT2D eigenvalue weighted by Crippen LogP contribution is -2.48. The molecule has 35 heavy (non-hydrogen) atoms. The molecular formula is C27H29N4O3S+. The third kappa shape index (κ3) is 4.83. The summed E-state index contributed by atoms with van der Waals surface area (Å²) in [5.41, 5.74) is 5.64. The Morgan fingerprint density at radius 3 is 1.97 bits per heavy atom. The first kappa shape index (κ1) is 24.2. The molecule has 0 spiro atoms. The van der Waals surface area contributed by atoms with Crippen LogP contribution in [0.3, 0.4) is 0 Å². The SMILES string of the molecule is CC(C)N1C(=O)c2ccccc2NS1(=O)=O.Cn1c(-c2ccccc2)cc(-c2ccccc2)[n+]1C. The number of hydrogen-bond donors (Lipinski definition) is 1. The van der Waals surface area contributed by atoms with Gasteiger partial charge in [0.15, 0.2) is 7.05 Å². The molecule has 0 saturated heterocycles. The highest BCUT2D eigenvalue weighted by molar-refractivity contribution is 7.91. The van der Waals surface area contributed by atoms with Crippen molar-refractivity contribution in [2.45, 2.75) is 19.9 Å². The molecule has 7 nitrogen and oxygen atoms in total. The van der Waals surface area contributed by atoms with Crippen LogP contribution in [0.1, 0.15) is 24.2 Å². The van der Waals surface area contributed by atoms with E-state index in [1.165, 1.54) is 22.5 Å². The van der Waals surface area contributed by atoms with Crippen LogP contribution < -0.4 is 9.40 Å². The van der Waals surface area contributed by atoms with Gasteiger partial charge in [-0.15, -0.1) is 4.68 Å². The Morgan fingerprint density at radius 1 is 0.829 bits per heavy atom. The third-order valence-corrected chi connectivity index (χ3v) is 7.47. The highest BCUT2D eigenvalue weighted by Crippen LogP contribution is 2.27. The fourth-order valence-corrected chi connectivity index (χ4v) is 5.51. The Morgan fingerprint density at radius 2 is 1.37 bits per heavy atom. The summed E-state index contributed by atoms with van der Waals surface area (Å²) in [7, 11) is 0.432. The van der Waals surface area contributed by atoms with Gasteiger partial charge in [0, 0.05) is 23.2 Å². The number of nitrogens with one attached hydrogen (secondary N) is 1. The van der Waals surface area contributed by atoms with E-state index in [0.29, 0.717) is 11.3 Å². The fourth-order valence-electron chi connectivity index (χ4n) is 4.08. The van der Waals surface area contributed by atoms with E-state index in [-0.39, 0.29) is 0 Å². The summed E-state index contributed by atoms with van der Waals surface area (Å²) in [6, 6.07) is 29.4. The van der Waals surface area contributed by atoms with Crippen molar-refractivity contribution < 1.29 is 17.9 Å². The number of carbonyl (C=O) groups is 1. The largest absolute Gasteiger partial charge is 0.326 e. The van der Waals surface area contributed by atoms with Crippen LogP contribution in [-0.4, -0.2) is 29.4 Å². The highest BCUT2D eigenvalue weighted by atomic mass is 32.2. The zero-order valence-corrected chi connectivity index (χ0v) is 21.0. The molecule has 1 aliphatic rings. The molecule has 0 radical (unpaired) electrons. The molecule has 0 aliphatic carbocycles. The number of anilines is 1. The second kappa shape index (κ2) is 9.76. The van der Waals surface area contributed by atoms with Crippen molar-refractivity contribution in [3.63, 3.8) is 0 Å².